The second kappa shape index (κ2) is 9.28. The Bertz CT molecular complexity index is 986. The van der Waals surface area contributed by atoms with Crippen LogP contribution in [0, 0.1) is 0 Å². The molecule has 4 rings (SSSR count). The fraction of sp³-hybridized carbons (Fsp3) is 0.348. The summed E-state index contributed by atoms with van der Waals surface area (Å²) >= 11 is 0. The molecule has 162 valence electrons. The number of methoxy groups -OCH3 is 1. The molecule has 2 aliphatic rings. The first-order valence-electron chi connectivity index (χ1n) is 10.3. The van der Waals surface area contributed by atoms with Gasteiger partial charge in [0.15, 0.2) is 0 Å². The minimum atomic E-state index is -0.794. The zero-order chi connectivity index (χ0) is 21.8. The predicted octanol–water partition coefficient (Wildman–Crippen LogP) is -0.771. The molecule has 1 aromatic heterocycles. The Kier molecular flexibility index (Phi) is 6.29. The highest BCUT2D eigenvalue weighted by molar-refractivity contribution is 6.46. The van der Waals surface area contributed by atoms with E-state index < -0.39 is 23.5 Å². The van der Waals surface area contributed by atoms with Crippen molar-refractivity contribution in [3.63, 3.8) is 0 Å². The molecule has 2 aromatic rings. The summed E-state index contributed by atoms with van der Waals surface area (Å²) in [7, 11) is 1.53. The molecule has 8 heteroatoms. The first-order valence-corrected chi connectivity index (χ1v) is 10.3. The average molecular weight is 423 g/mol. The number of quaternary nitrogens is 1. The summed E-state index contributed by atoms with van der Waals surface area (Å²) in [5.41, 5.74) is 0.906. The fourth-order valence-corrected chi connectivity index (χ4v) is 4.16. The normalized spacial score (nSPS) is 21.5. The highest BCUT2D eigenvalue weighted by Gasteiger charge is 2.45. The SMILES string of the molecule is COc1ccccc1C1C(=C([O-])c2ccncc2)C(=O)C(=O)N1CC[NH+]1CCOCC1. The van der Waals surface area contributed by atoms with Crippen LogP contribution in [0.4, 0.5) is 0 Å². The van der Waals surface area contributed by atoms with Gasteiger partial charge in [0.2, 0.25) is 5.78 Å². The van der Waals surface area contributed by atoms with Gasteiger partial charge >= 0.3 is 0 Å². The number of hydrogen-bond acceptors (Lipinski definition) is 6. The third kappa shape index (κ3) is 4.17. The molecule has 1 aromatic carbocycles. The Hall–Kier alpha value is -3.23. The summed E-state index contributed by atoms with van der Waals surface area (Å²) in [6.45, 7) is 4.08. The molecular weight excluding hydrogens is 398 g/mol. The third-order valence-corrected chi connectivity index (χ3v) is 5.81. The molecule has 31 heavy (non-hydrogen) atoms. The van der Waals surface area contributed by atoms with E-state index in [1.54, 1.807) is 24.3 Å². The summed E-state index contributed by atoms with van der Waals surface area (Å²) in [4.78, 5) is 32.8. The van der Waals surface area contributed by atoms with Gasteiger partial charge in [0.25, 0.3) is 5.91 Å². The molecule has 2 fully saturated rings. The van der Waals surface area contributed by atoms with E-state index in [0.717, 1.165) is 13.1 Å². The summed E-state index contributed by atoms with van der Waals surface area (Å²) in [6.07, 6.45) is 2.99. The molecule has 1 amide bonds. The largest absolute Gasteiger partial charge is 0.872 e. The van der Waals surface area contributed by atoms with Crippen molar-refractivity contribution in [1.82, 2.24) is 9.88 Å². The number of pyridine rings is 1. The van der Waals surface area contributed by atoms with Gasteiger partial charge in [-0.15, -0.1) is 0 Å². The maximum absolute atomic E-state index is 13.3. The molecule has 1 atom stereocenters. The molecule has 0 saturated carbocycles. The molecular formula is C23H25N3O5. The first kappa shape index (κ1) is 21.0. The lowest BCUT2D eigenvalue weighted by Gasteiger charge is -2.30. The van der Waals surface area contributed by atoms with Crippen molar-refractivity contribution in [3.8, 4) is 5.75 Å². The maximum atomic E-state index is 13.3. The van der Waals surface area contributed by atoms with Crippen LogP contribution in [-0.2, 0) is 14.3 Å². The zero-order valence-electron chi connectivity index (χ0n) is 17.4. The second-order valence-corrected chi connectivity index (χ2v) is 7.56. The molecule has 3 heterocycles. The molecule has 1 unspecified atom stereocenters. The smallest absolute Gasteiger partial charge is 0.295 e. The molecule has 0 aliphatic carbocycles. The van der Waals surface area contributed by atoms with Gasteiger partial charge in [-0.2, -0.15) is 0 Å². The lowest BCUT2D eigenvalue weighted by atomic mass is 9.95. The van der Waals surface area contributed by atoms with Gasteiger partial charge in [0, 0.05) is 23.5 Å². The number of hydrogen-bond donors (Lipinski definition) is 1. The number of amides is 1. The molecule has 2 saturated heterocycles. The number of ketones is 1. The zero-order valence-corrected chi connectivity index (χ0v) is 17.4. The Labute approximate surface area is 180 Å². The highest BCUT2D eigenvalue weighted by Crippen LogP contribution is 2.41. The number of benzene rings is 1. The number of para-hydroxylation sites is 1. The number of carbonyl (C=O) groups excluding carboxylic acids is 2. The van der Waals surface area contributed by atoms with E-state index in [4.69, 9.17) is 9.47 Å². The van der Waals surface area contributed by atoms with Gasteiger partial charge < -0.3 is 24.4 Å². The molecule has 2 aliphatic heterocycles. The van der Waals surface area contributed by atoms with Crippen LogP contribution in [-0.4, -0.2) is 68.1 Å². The minimum absolute atomic E-state index is 0.0438. The molecule has 0 radical (unpaired) electrons. The van der Waals surface area contributed by atoms with Crippen LogP contribution in [0.5, 0.6) is 5.75 Å². The topological polar surface area (TPSA) is 96.2 Å². The van der Waals surface area contributed by atoms with Gasteiger partial charge in [-0.3, -0.25) is 14.6 Å². The summed E-state index contributed by atoms with van der Waals surface area (Å²) in [6, 6.07) is 9.49. The lowest BCUT2D eigenvalue weighted by molar-refractivity contribution is -0.907. The van der Waals surface area contributed by atoms with Crippen molar-refractivity contribution in [1.29, 1.82) is 0 Å². The monoisotopic (exact) mass is 423 g/mol. The molecule has 8 nitrogen and oxygen atoms in total. The maximum Gasteiger partial charge on any atom is 0.295 e. The summed E-state index contributed by atoms with van der Waals surface area (Å²) in [5, 5.41) is 13.3. The number of rotatable bonds is 6. The van der Waals surface area contributed by atoms with Gasteiger partial charge in [-0.05, 0) is 23.8 Å². The van der Waals surface area contributed by atoms with E-state index in [1.165, 1.54) is 29.3 Å². The number of morpholine rings is 1. The average Bonchev–Trinajstić information content (AvgIpc) is 3.08. The number of nitrogens with zero attached hydrogens (tertiary/aromatic N) is 2. The van der Waals surface area contributed by atoms with Crippen molar-refractivity contribution in [3.05, 3.63) is 65.5 Å². The number of aromatic nitrogens is 1. The Morgan fingerprint density at radius 2 is 1.90 bits per heavy atom. The van der Waals surface area contributed by atoms with Gasteiger partial charge in [0.05, 0.1) is 39.5 Å². The van der Waals surface area contributed by atoms with Crippen molar-refractivity contribution < 1.29 is 29.1 Å². The van der Waals surface area contributed by atoms with Gasteiger partial charge in [0.1, 0.15) is 18.8 Å². The van der Waals surface area contributed by atoms with E-state index in [0.29, 0.717) is 43.2 Å². The third-order valence-electron chi connectivity index (χ3n) is 5.81. The van der Waals surface area contributed by atoms with E-state index >= 15 is 0 Å². The summed E-state index contributed by atoms with van der Waals surface area (Å²) in [5.74, 6) is -1.34. The Balaban J connectivity index is 1.76. The number of carbonyl (C=O) groups is 2. The quantitative estimate of drug-likeness (QED) is 0.372. The van der Waals surface area contributed by atoms with Crippen LogP contribution < -0.4 is 14.7 Å². The van der Waals surface area contributed by atoms with Gasteiger partial charge in [-0.1, -0.05) is 24.0 Å². The first-order chi connectivity index (χ1) is 15.1. The van der Waals surface area contributed by atoms with Crippen molar-refractivity contribution in [2.75, 3.05) is 46.5 Å². The number of likely N-dealkylation sites (tertiary alicyclic amines) is 1. The van der Waals surface area contributed by atoms with Crippen LogP contribution in [0.1, 0.15) is 17.2 Å². The van der Waals surface area contributed by atoms with E-state index in [9.17, 15) is 14.7 Å². The Morgan fingerprint density at radius 3 is 2.61 bits per heavy atom. The van der Waals surface area contributed by atoms with Crippen LogP contribution in [0.2, 0.25) is 0 Å². The van der Waals surface area contributed by atoms with E-state index in [-0.39, 0.29) is 5.57 Å². The fourth-order valence-electron chi connectivity index (χ4n) is 4.16. The van der Waals surface area contributed by atoms with Crippen LogP contribution >= 0.6 is 0 Å². The standard InChI is InChI=1S/C23H25N3O5/c1-30-18-5-3-2-4-17(18)20-19(21(27)16-6-8-24-9-7-16)22(28)23(29)26(20)11-10-25-12-14-31-15-13-25/h2-9,20,27H,10-15H2,1H3. The van der Waals surface area contributed by atoms with Crippen molar-refractivity contribution >= 4 is 17.4 Å². The van der Waals surface area contributed by atoms with Crippen molar-refractivity contribution in [2.45, 2.75) is 6.04 Å². The summed E-state index contributed by atoms with van der Waals surface area (Å²) < 4.78 is 10.9. The second-order valence-electron chi connectivity index (χ2n) is 7.56. The van der Waals surface area contributed by atoms with E-state index in [1.807, 2.05) is 12.1 Å². The van der Waals surface area contributed by atoms with Crippen molar-refractivity contribution in [2.24, 2.45) is 0 Å². The van der Waals surface area contributed by atoms with Gasteiger partial charge in [-0.25, -0.2) is 0 Å². The number of nitrogens with one attached hydrogen (secondary N) is 1. The minimum Gasteiger partial charge on any atom is -0.872 e. The van der Waals surface area contributed by atoms with E-state index in [2.05, 4.69) is 4.98 Å². The predicted molar refractivity (Wildman–Crippen MR) is 110 cm³/mol. The van der Waals surface area contributed by atoms with Crippen LogP contribution in [0.15, 0.2) is 54.4 Å². The molecule has 1 N–H and O–H groups in total. The number of Topliss-reactive ketones (excluding diaryl/α,β-unsaturated/α-hetero) is 1. The lowest BCUT2D eigenvalue weighted by Crippen LogP contribution is -3.14. The van der Waals surface area contributed by atoms with Crippen LogP contribution in [0.3, 0.4) is 0 Å². The highest BCUT2D eigenvalue weighted by atomic mass is 16.5. The molecule has 0 bridgehead atoms. The van der Waals surface area contributed by atoms with Crippen LogP contribution in [0.25, 0.3) is 5.76 Å². The molecule has 0 spiro atoms. The number of ether oxygens (including phenoxy) is 2. The Morgan fingerprint density at radius 1 is 1.19 bits per heavy atom.